The van der Waals surface area contributed by atoms with Crippen molar-refractivity contribution in [1.29, 1.82) is 0 Å². The molecule has 1 N–H and O–H groups in total. The van der Waals surface area contributed by atoms with E-state index in [0.29, 0.717) is 22.8 Å². The lowest BCUT2D eigenvalue weighted by Gasteiger charge is -2.09. The molecule has 8 heteroatoms. The van der Waals surface area contributed by atoms with Gasteiger partial charge in [-0.25, -0.2) is 0 Å². The topological polar surface area (TPSA) is 68.3 Å². The number of nitrogens with one attached hydrogen (secondary N) is 1. The molecule has 28 heavy (non-hydrogen) atoms. The predicted octanol–water partition coefficient (Wildman–Crippen LogP) is 5.29. The van der Waals surface area contributed by atoms with E-state index >= 15 is 0 Å². The maximum absolute atomic E-state index is 12.7. The number of para-hydroxylation sites is 1. The highest BCUT2D eigenvalue weighted by Crippen LogP contribution is 2.31. The lowest BCUT2D eigenvalue weighted by atomic mass is 10.2. The molecular weight excluding hydrogens is 373 g/mol. The van der Waals surface area contributed by atoms with E-state index in [2.05, 4.69) is 10.5 Å². The lowest BCUT2D eigenvalue weighted by molar-refractivity contribution is -0.137. The van der Waals surface area contributed by atoms with Crippen LogP contribution in [0, 0.1) is 0 Å². The zero-order valence-corrected chi connectivity index (χ0v) is 14.3. The number of hydrogen-bond donors (Lipinski definition) is 1. The smallest absolute Gasteiger partial charge is 0.416 e. The molecule has 4 rings (SSSR count). The number of carbonyl (C=O) groups excluding carboxylic acids is 1. The largest absolute Gasteiger partial charge is 0.453 e. The van der Waals surface area contributed by atoms with Crippen molar-refractivity contribution in [2.45, 2.75) is 12.6 Å². The van der Waals surface area contributed by atoms with Crippen LogP contribution in [0.2, 0.25) is 0 Å². The van der Waals surface area contributed by atoms with Crippen LogP contribution in [-0.4, -0.2) is 11.1 Å². The number of benzene rings is 2. The Kier molecular flexibility index (Phi) is 4.38. The van der Waals surface area contributed by atoms with Gasteiger partial charge in [0.25, 0.3) is 0 Å². The first kappa shape index (κ1) is 17.8. The molecule has 142 valence electrons. The van der Waals surface area contributed by atoms with Gasteiger partial charge in [-0.15, -0.1) is 0 Å². The summed E-state index contributed by atoms with van der Waals surface area (Å²) in [4.78, 5) is 12.1. The van der Waals surface area contributed by atoms with Crippen LogP contribution in [0.25, 0.3) is 22.5 Å². The summed E-state index contributed by atoms with van der Waals surface area (Å²) in [5.41, 5.74) is 0.248. The molecule has 0 bridgehead atoms. The molecule has 0 spiro atoms. The van der Waals surface area contributed by atoms with Crippen molar-refractivity contribution in [1.82, 2.24) is 5.16 Å². The third kappa shape index (κ3) is 3.75. The van der Waals surface area contributed by atoms with Gasteiger partial charge in [0.1, 0.15) is 5.58 Å². The van der Waals surface area contributed by atoms with Crippen molar-refractivity contribution >= 4 is 22.6 Å². The molecule has 0 unspecified atom stereocenters. The third-order valence-corrected chi connectivity index (χ3v) is 4.04. The Bertz CT molecular complexity index is 1110. The molecule has 2 heterocycles. The molecule has 2 aromatic carbocycles. The number of fused-ring (bicyclic) bond motifs is 1. The first-order chi connectivity index (χ1) is 13.4. The first-order valence-corrected chi connectivity index (χ1v) is 8.30. The number of halogens is 3. The van der Waals surface area contributed by atoms with Crippen LogP contribution in [0.4, 0.5) is 18.9 Å². The van der Waals surface area contributed by atoms with Gasteiger partial charge in [0.15, 0.2) is 5.76 Å². The van der Waals surface area contributed by atoms with E-state index in [0.717, 1.165) is 17.5 Å². The maximum Gasteiger partial charge on any atom is 0.416 e. The van der Waals surface area contributed by atoms with E-state index in [-0.39, 0.29) is 12.1 Å². The third-order valence-electron chi connectivity index (χ3n) is 4.04. The Morgan fingerprint density at radius 2 is 1.82 bits per heavy atom. The number of carbonyl (C=O) groups is 1. The summed E-state index contributed by atoms with van der Waals surface area (Å²) < 4.78 is 49.1. The van der Waals surface area contributed by atoms with Crippen LogP contribution in [-0.2, 0) is 17.4 Å². The number of anilines is 1. The predicted molar refractivity (Wildman–Crippen MR) is 95.5 cm³/mol. The second kappa shape index (κ2) is 6.88. The standard InChI is InChI=1S/C20H13F3N2O3/c21-20(22,23)13-5-3-6-14(9-13)24-19(26)11-15-10-18(28-25-15)17-8-12-4-1-2-7-16(12)27-17/h1-10H,11H2,(H,24,26). The number of aromatic nitrogens is 1. The van der Waals surface area contributed by atoms with E-state index in [1.807, 2.05) is 24.3 Å². The number of amides is 1. The Balaban J connectivity index is 1.46. The number of nitrogens with zero attached hydrogens (tertiary/aromatic N) is 1. The van der Waals surface area contributed by atoms with Gasteiger partial charge in [-0.3, -0.25) is 4.79 Å². The second-order valence-corrected chi connectivity index (χ2v) is 6.13. The van der Waals surface area contributed by atoms with Gasteiger partial charge >= 0.3 is 6.18 Å². The molecule has 0 atom stereocenters. The van der Waals surface area contributed by atoms with Gasteiger partial charge in [-0.05, 0) is 30.3 Å². The Morgan fingerprint density at radius 3 is 2.61 bits per heavy atom. The lowest BCUT2D eigenvalue weighted by Crippen LogP contribution is -2.15. The quantitative estimate of drug-likeness (QED) is 0.518. The van der Waals surface area contributed by atoms with Crippen molar-refractivity contribution in [2.75, 3.05) is 5.32 Å². The van der Waals surface area contributed by atoms with Crippen molar-refractivity contribution in [3.8, 4) is 11.5 Å². The summed E-state index contributed by atoms with van der Waals surface area (Å²) in [5.74, 6) is 0.320. The van der Waals surface area contributed by atoms with Crippen LogP contribution < -0.4 is 5.32 Å². The van der Waals surface area contributed by atoms with Gasteiger partial charge in [-0.1, -0.05) is 29.4 Å². The number of furan rings is 1. The summed E-state index contributed by atoms with van der Waals surface area (Å²) in [6.45, 7) is 0. The SMILES string of the molecule is O=C(Cc1cc(-c2cc3ccccc3o2)on1)Nc1cccc(C(F)(F)F)c1. The van der Waals surface area contributed by atoms with Crippen molar-refractivity contribution in [3.05, 3.63) is 71.9 Å². The first-order valence-electron chi connectivity index (χ1n) is 8.30. The minimum absolute atomic E-state index is 0.0563. The van der Waals surface area contributed by atoms with Gasteiger partial charge < -0.3 is 14.3 Å². The monoisotopic (exact) mass is 386 g/mol. The molecule has 1 amide bonds. The molecule has 0 saturated heterocycles. The molecule has 2 aromatic heterocycles. The molecule has 4 aromatic rings. The fourth-order valence-electron chi connectivity index (χ4n) is 2.76. The van der Waals surface area contributed by atoms with Gasteiger partial charge in [0.2, 0.25) is 11.7 Å². The molecule has 5 nitrogen and oxygen atoms in total. The molecule has 0 aliphatic rings. The second-order valence-electron chi connectivity index (χ2n) is 6.13. The summed E-state index contributed by atoms with van der Waals surface area (Å²) in [6, 6.07) is 15.2. The van der Waals surface area contributed by atoms with Crippen LogP contribution in [0.5, 0.6) is 0 Å². The minimum Gasteiger partial charge on any atom is -0.453 e. The Labute approximate surface area is 156 Å². The number of rotatable bonds is 4. The Morgan fingerprint density at radius 1 is 1.00 bits per heavy atom. The molecule has 0 saturated carbocycles. The summed E-state index contributed by atoms with van der Waals surface area (Å²) in [7, 11) is 0. The van der Waals surface area contributed by atoms with Crippen molar-refractivity contribution in [3.63, 3.8) is 0 Å². The number of alkyl halides is 3. The zero-order valence-electron chi connectivity index (χ0n) is 14.3. The zero-order chi connectivity index (χ0) is 19.7. The van der Waals surface area contributed by atoms with Gasteiger partial charge in [-0.2, -0.15) is 13.2 Å². The van der Waals surface area contributed by atoms with E-state index < -0.39 is 17.6 Å². The van der Waals surface area contributed by atoms with Crippen LogP contribution in [0.1, 0.15) is 11.3 Å². The van der Waals surface area contributed by atoms with Crippen molar-refractivity contribution in [2.24, 2.45) is 0 Å². The minimum atomic E-state index is -4.48. The average Bonchev–Trinajstić information content (AvgIpc) is 3.27. The fraction of sp³-hybridized carbons (Fsp3) is 0.100. The molecule has 0 radical (unpaired) electrons. The van der Waals surface area contributed by atoms with Gasteiger partial charge in [0.05, 0.1) is 17.7 Å². The van der Waals surface area contributed by atoms with E-state index in [1.165, 1.54) is 12.1 Å². The summed E-state index contributed by atoms with van der Waals surface area (Å²) >= 11 is 0. The normalized spacial score (nSPS) is 11.7. The maximum atomic E-state index is 12.7. The van der Waals surface area contributed by atoms with Gasteiger partial charge in [0, 0.05) is 17.1 Å². The molecule has 0 aliphatic heterocycles. The van der Waals surface area contributed by atoms with Crippen LogP contribution in [0.15, 0.2) is 69.6 Å². The van der Waals surface area contributed by atoms with E-state index in [1.54, 1.807) is 12.1 Å². The number of hydrogen-bond acceptors (Lipinski definition) is 4. The molecule has 0 aliphatic carbocycles. The van der Waals surface area contributed by atoms with E-state index in [4.69, 9.17) is 8.94 Å². The van der Waals surface area contributed by atoms with Crippen LogP contribution >= 0.6 is 0 Å². The molecule has 0 fully saturated rings. The molecular formula is C20H13F3N2O3. The summed E-state index contributed by atoms with van der Waals surface area (Å²) in [6.07, 6.45) is -4.63. The van der Waals surface area contributed by atoms with E-state index in [9.17, 15) is 18.0 Å². The summed E-state index contributed by atoms with van der Waals surface area (Å²) in [5, 5.41) is 7.16. The fourth-order valence-corrected chi connectivity index (χ4v) is 2.76. The average molecular weight is 386 g/mol. The Hall–Kier alpha value is -3.55. The highest BCUT2D eigenvalue weighted by Gasteiger charge is 2.30. The highest BCUT2D eigenvalue weighted by molar-refractivity contribution is 5.92. The highest BCUT2D eigenvalue weighted by atomic mass is 19.4. The van der Waals surface area contributed by atoms with Crippen molar-refractivity contribution < 1.29 is 26.9 Å². The van der Waals surface area contributed by atoms with Crippen LogP contribution in [0.3, 0.4) is 0 Å².